The lowest BCUT2D eigenvalue weighted by Gasteiger charge is -2.65. The molecule has 1 heterocycles. The van der Waals surface area contributed by atoms with Gasteiger partial charge in [0.05, 0.1) is 12.5 Å². The lowest BCUT2D eigenvalue weighted by Crippen LogP contribution is -2.71. The molecule has 8 heteroatoms. The number of aromatic nitrogens is 2. The topological polar surface area (TPSA) is 85.5 Å². The Balaban J connectivity index is 1.26. The normalized spacial score (nSPS) is 34.2. The predicted molar refractivity (Wildman–Crippen MR) is 131 cm³/mol. The third kappa shape index (κ3) is 3.68. The number of amides is 1. The maximum absolute atomic E-state index is 14.4. The summed E-state index contributed by atoms with van der Waals surface area (Å²) in [6, 6.07) is 7.66. The Morgan fingerprint density at radius 2 is 1.83 bits per heavy atom. The number of hydrogen-bond acceptors (Lipinski definition) is 6. The van der Waals surface area contributed by atoms with Gasteiger partial charge in [0.2, 0.25) is 11.8 Å². The summed E-state index contributed by atoms with van der Waals surface area (Å²) in [4.78, 5) is 32.0. The lowest BCUT2D eigenvalue weighted by molar-refractivity contribution is -0.211. The highest BCUT2D eigenvalue weighted by atomic mass is 19.1. The summed E-state index contributed by atoms with van der Waals surface area (Å²) in [6.45, 7) is 2.47. The number of ether oxygens (including phenoxy) is 1. The molecular weight excluding hydrogens is 461 g/mol. The van der Waals surface area contributed by atoms with Crippen molar-refractivity contribution in [3.63, 3.8) is 0 Å². The molecule has 0 spiro atoms. The highest BCUT2D eigenvalue weighted by Gasteiger charge is 2.73. The number of carbonyl (C=O) groups is 2. The van der Waals surface area contributed by atoms with Crippen molar-refractivity contribution in [3.8, 4) is 0 Å². The Morgan fingerprint density at radius 3 is 2.42 bits per heavy atom. The fourth-order valence-electron chi connectivity index (χ4n) is 7.16. The monoisotopic (exact) mass is 493 g/mol. The van der Waals surface area contributed by atoms with Gasteiger partial charge in [-0.1, -0.05) is 17.3 Å². The molecule has 0 saturated heterocycles. The van der Waals surface area contributed by atoms with Crippen molar-refractivity contribution in [2.45, 2.75) is 75.8 Å². The first-order valence-corrected chi connectivity index (χ1v) is 12.9. The zero-order valence-corrected chi connectivity index (χ0v) is 20.9. The first-order chi connectivity index (χ1) is 17.2. The Hall–Kier alpha value is -3.03. The summed E-state index contributed by atoms with van der Waals surface area (Å²) in [5.74, 6) is 1.04. The van der Waals surface area contributed by atoms with Gasteiger partial charge in [-0.3, -0.25) is 4.79 Å². The van der Waals surface area contributed by atoms with E-state index >= 15 is 0 Å². The third-order valence-corrected chi connectivity index (χ3v) is 9.34. The van der Waals surface area contributed by atoms with Crippen molar-refractivity contribution in [1.82, 2.24) is 10.1 Å². The van der Waals surface area contributed by atoms with Gasteiger partial charge in [0.15, 0.2) is 5.82 Å². The minimum Gasteiger partial charge on any atom is -0.466 e. The summed E-state index contributed by atoms with van der Waals surface area (Å²) in [5, 5.41) is 4.02. The van der Waals surface area contributed by atoms with E-state index in [2.05, 4.69) is 10.1 Å². The number of esters is 1. The second-order valence-corrected chi connectivity index (χ2v) is 11.7. The van der Waals surface area contributed by atoms with Crippen LogP contribution in [0.1, 0.15) is 75.1 Å². The van der Waals surface area contributed by atoms with E-state index in [0.29, 0.717) is 31.6 Å². The van der Waals surface area contributed by atoms with Crippen LogP contribution in [0.5, 0.6) is 0 Å². The molecule has 0 unspecified atom stereocenters. The first kappa shape index (κ1) is 23.4. The minimum absolute atomic E-state index is 0.0152. The van der Waals surface area contributed by atoms with E-state index in [4.69, 9.17) is 9.26 Å². The number of carbonyl (C=O) groups excluding carboxylic acids is 2. The molecule has 0 N–H and O–H groups in total. The molecule has 0 aliphatic heterocycles. The molecule has 6 saturated carbocycles. The predicted octanol–water partition coefficient (Wildman–Crippen LogP) is 5.08. The molecule has 190 valence electrons. The van der Waals surface area contributed by atoms with E-state index in [1.807, 2.05) is 36.1 Å². The molecule has 0 radical (unpaired) electrons. The van der Waals surface area contributed by atoms with E-state index in [-0.39, 0.29) is 16.7 Å². The smallest absolute Gasteiger partial charge is 0.330 e. The van der Waals surface area contributed by atoms with Crippen molar-refractivity contribution in [1.29, 1.82) is 0 Å². The molecular formula is C28H32FN3O4. The number of anilines is 1. The van der Waals surface area contributed by atoms with Gasteiger partial charge in [-0.25, -0.2) is 9.18 Å². The summed E-state index contributed by atoms with van der Waals surface area (Å²) in [7, 11) is 1.34. The molecule has 8 rings (SSSR count). The van der Waals surface area contributed by atoms with Crippen LogP contribution in [-0.4, -0.2) is 41.3 Å². The molecule has 6 aliphatic rings. The number of alkyl halides is 1. The zero-order valence-electron chi connectivity index (χ0n) is 20.9. The molecule has 1 aromatic carbocycles. The van der Waals surface area contributed by atoms with Gasteiger partial charge in [0.1, 0.15) is 5.67 Å². The standard InChI is InChI=1S/C28H32FN3O4/c1-19-30-23(36-31-19)26-11-8-25(9-12-26,10-13-26)18-32(24(34)27-15-28(29,16-27)17-27)21-5-3-4-20(14-21)6-7-22(33)35-2/h3-7,14H,8-13,15-18H2,1-2H3/b7-6+. The van der Waals surface area contributed by atoms with Crippen molar-refractivity contribution in [2.24, 2.45) is 10.8 Å². The Labute approximate surface area is 210 Å². The van der Waals surface area contributed by atoms with E-state index < -0.39 is 17.1 Å². The van der Waals surface area contributed by atoms with E-state index in [1.54, 1.807) is 6.08 Å². The van der Waals surface area contributed by atoms with Crippen LogP contribution in [-0.2, 0) is 19.7 Å². The van der Waals surface area contributed by atoms with Crippen LogP contribution in [0.2, 0.25) is 0 Å². The van der Waals surface area contributed by atoms with Crippen LogP contribution in [0.3, 0.4) is 0 Å². The van der Waals surface area contributed by atoms with Crippen molar-refractivity contribution < 1.29 is 23.2 Å². The van der Waals surface area contributed by atoms with Gasteiger partial charge >= 0.3 is 5.97 Å². The second kappa shape index (κ2) is 7.98. The maximum Gasteiger partial charge on any atom is 0.330 e. The van der Waals surface area contributed by atoms with Crippen LogP contribution in [0.15, 0.2) is 34.9 Å². The van der Waals surface area contributed by atoms with Gasteiger partial charge in [0, 0.05) is 23.7 Å². The summed E-state index contributed by atoms with van der Waals surface area (Å²) >= 11 is 0. The molecule has 7 nitrogen and oxygen atoms in total. The molecule has 0 atom stereocenters. The minimum atomic E-state index is -1.14. The van der Waals surface area contributed by atoms with Crippen molar-refractivity contribution in [3.05, 3.63) is 47.6 Å². The lowest BCUT2D eigenvalue weighted by atomic mass is 9.41. The molecule has 36 heavy (non-hydrogen) atoms. The number of aryl methyl sites for hydroxylation is 1. The summed E-state index contributed by atoms with van der Waals surface area (Å²) in [6.07, 6.45) is 9.94. The van der Waals surface area contributed by atoms with E-state index in [1.165, 1.54) is 13.2 Å². The average Bonchev–Trinajstić information content (AvgIpc) is 3.31. The average molecular weight is 494 g/mol. The molecule has 1 aromatic heterocycles. The van der Waals surface area contributed by atoms with Crippen molar-refractivity contribution in [2.75, 3.05) is 18.6 Å². The van der Waals surface area contributed by atoms with Gasteiger partial charge < -0.3 is 14.2 Å². The zero-order chi connectivity index (χ0) is 25.2. The van der Waals surface area contributed by atoms with Gasteiger partial charge in [-0.05, 0) is 93.9 Å². The summed E-state index contributed by atoms with van der Waals surface area (Å²) < 4.78 is 24.7. The third-order valence-electron chi connectivity index (χ3n) is 9.34. The summed E-state index contributed by atoms with van der Waals surface area (Å²) in [5.41, 5.74) is -0.119. The molecule has 1 amide bonds. The van der Waals surface area contributed by atoms with E-state index in [9.17, 15) is 14.0 Å². The number of halogens is 1. The number of hydrogen-bond donors (Lipinski definition) is 0. The second-order valence-electron chi connectivity index (χ2n) is 11.7. The number of methoxy groups -OCH3 is 1. The van der Waals surface area contributed by atoms with E-state index in [0.717, 1.165) is 55.7 Å². The Morgan fingerprint density at radius 1 is 1.14 bits per heavy atom. The maximum atomic E-state index is 14.4. The van der Waals surface area contributed by atoms with Crippen LogP contribution < -0.4 is 4.90 Å². The highest BCUT2D eigenvalue weighted by molar-refractivity contribution is 6.00. The molecule has 6 fully saturated rings. The van der Waals surface area contributed by atoms with Crippen LogP contribution in [0, 0.1) is 17.8 Å². The number of nitrogens with zero attached hydrogens (tertiary/aromatic N) is 3. The highest BCUT2D eigenvalue weighted by Crippen LogP contribution is 2.70. The fraction of sp³-hybridized carbons (Fsp3) is 0.571. The molecule has 4 bridgehead atoms. The van der Waals surface area contributed by atoms with Crippen LogP contribution >= 0.6 is 0 Å². The van der Waals surface area contributed by atoms with Gasteiger partial charge in [-0.15, -0.1) is 0 Å². The first-order valence-electron chi connectivity index (χ1n) is 12.9. The fourth-order valence-corrected chi connectivity index (χ4v) is 7.16. The molecule has 6 aliphatic carbocycles. The van der Waals surface area contributed by atoms with Gasteiger partial charge in [0.25, 0.3) is 0 Å². The number of rotatable bonds is 7. The van der Waals surface area contributed by atoms with Crippen molar-refractivity contribution >= 4 is 23.6 Å². The number of fused-ring (bicyclic) bond motifs is 3. The number of benzene rings is 1. The largest absolute Gasteiger partial charge is 0.466 e. The molecule has 2 aromatic rings. The van der Waals surface area contributed by atoms with Gasteiger partial charge in [-0.2, -0.15) is 4.98 Å². The quantitative estimate of drug-likeness (QED) is 0.395. The Bertz CT molecular complexity index is 1210. The Kier molecular flexibility index (Phi) is 5.18. The van der Waals surface area contributed by atoms with Crippen LogP contribution in [0.4, 0.5) is 10.1 Å². The SMILES string of the molecule is COC(=O)/C=C/c1cccc(N(CC23CCC(c4nc(C)no4)(CC2)CC3)C(=O)C23CC(F)(C2)C3)c1. The van der Waals surface area contributed by atoms with Crippen LogP contribution in [0.25, 0.3) is 6.08 Å².